The Morgan fingerprint density at radius 1 is 1.06 bits per heavy atom. The zero-order valence-electron chi connectivity index (χ0n) is 17.7. The molecular weight excluding hydrogens is 388 g/mol. The van der Waals surface area contributed by atoms with E-state index in [1.807, 2.05) is 42.5 Å². The van der Waals surface area contributed by atoms with Crippen molar-refractivity contribution >= 4 is 23.0 Å². The van der Waals surface area contributed by atoms with Gasteiger partial charge in [-0.2, -0.15) is 0 Å². The van der Waals surface area contributed by atoms with Gasteiger partial charge >= 0.3 is 0 Å². The lowest BCUT2D eigenvalue weighted by molar-refractivity contribution is 0.0996. The number of primary amides is 1. The highest BCUT2D eigenvalue weighted by Crippen LogP contribution is 2.29. The van der Waals surface area contributed by atoms with Crippen molar-refractivity contribution in [2.75, 3.05) is 43.4 Å². The fraction of sp³-hybridized carbons (Fsp3) is 0.250. The van der Waals surface area contributed by atoms with Crippen LogP contribution >= 0.6 is 0 Å². The molecule has 31 heavy (non-hydrogen) atoms. The van der Waals surface area contributed by atoms with Gasteiger partial charge in [0.2, 0.25) is 0 Å². The number of pyridine rings is 1. The van der Waals surface area contributed by atoms with Gasteiger partial charge in [-0.1, -0.05) is 24.3 Å². The quantitative estimate of drug-likeness (QED) is 0.571. The van der Waals surface area contributed by atoms with Gasteiger partial charge in [0.25, 0.3) is 5.91 Å². The molecule has 0 radical (unpaired) electrons. The summed E-state index contributed by atoms with van der Waals surface area (Å²) in [6.45, 7) is 4.57. The number of rotatable bonds is 6. The van der Waals surface area contributed by atoms with Crippen LogP contribution in [0.3, 0.4) is 0 Å². The molecular formula is C24H28N6O. The zero-order chi connectivity index (χ0) is 21.8. The molecule has 5 N–H and O–H groups in total. The summed E-state index contributed by atoms with van der Waals surface area (Å²) in [4.78, 5) is 21.0. The summed E-state index contributed by atoms with van der Waals surface area (Å²) >= 11 is 0. The van der Waals surface area contributed by atoms with E-state index in [0.29, 0.717) is 12.2 Å². The number of anilines is 3. The number of hydrogen-bond acceptors (Lipinski definition) is 6. The maximum absolute atomic E-state index is 12.0. The first-order valence-electron chi connectivity index (χ1n) is 10.4. The number of benzene rings is 2. The highest BCUT2D eigenvalue weighted by Gasteiger charge is 2.16. The molecule has 3 aromatic rings. The maximum atomic E-state index is 12.0. The summed E-state index contributed by atoms with van der Waals surface area (Å²) in [5.74, 6) is -0.574. The van der Waals surface area contributed by atoms with E-state index in [1.165, 1.54) is 5.69 Å². The predicted octanol–water partition coefficient (Wildman–Crippen LogP) is 2.80. The molecule has 1 aliphatic heterocycles. The molecule has 4 rings (SSSR count). The van der Waals surface area contributed by atoms with E-state index in [-0.39, 0.29) is 5.69 Å². The van der Waals surface area contributed by atoms with Crippen LogP contribution < -0.4 is 21.7 Å². The molecule has 1 aromatic heterocycles. The maximum Gasteiger partial charge on any atom is 0.269 e. The van der Waals surface area contributed by atoms with Gasteiger partial charge in [-0.15, -0.1) is 0 Å². The van der Waals surface area contributed by atoms with Gasteiger partial charge in [-0.25, -0.2) is 4.98 Å². The minimum absolute atomic E-state index is 0.206. The number of piperazine rings is 1. The van der Waals surface area contributed by atoms with Gasteiger partial charge in [0, 0.05) is 55.9 Å². The molecule has 0 aliphatic carbocycles. The standard InChI is InChI=1S/C24H28N6O/c1-29-10-12-30(13-11-29)20-8-6-19(7-9-20)28-22-14-18(16-27-23(22)24(26)31)21-5-3-2-4-17(21)15-25/h2-9,14,16,28H,10-13,15,25H2,1H3,(H2,26,31). The second-order valence-corrected chi connectivity index (χ2v) is 7.81. The third kappa shape index (κ3) is 4.68. The van der Waals surface area contributed by atoms with Crippen LogP contribution in [0.1, 0.15) is 16.1 Å². The van der Waals surface area contributed by atoms with Crippen LogP contribution in [0.15, 0.2) is 60.8 Å². The average molecular weight is 417 g/mol. The first kappa shape index (κ1) is 20.8. The van der Waals surface area contributed by atoms with Crippen LogP contribution in [0.4, 0.5) is 17.1 Å². The average Bonchev–Trinajstić information content (AvgIpc) is 2.80. The fourth-order valence-corrected chi connectivity index (χ4v) is 3.86. The Labute approximate surface area is 182 Å². The molecule has 2 heterocycles. The van der Waals surface area contributed by atoms with Gasteiger partial charge in [-0.05, 0) is 48.5 Å². The molecule has 1 aliphatic rings. The van der Waals surface area contributed by atoms with Crippen molar-refractivity contribution < 1.29 is 4.79 Å². The molecule has 0 spiro atoms. The number of nitrogens with zero attached hydrogens (tertiary/aromatic N) is 3. The molecule has 0 bridgehead atoms. The summed E-state index contributed by atoms with van der Waals surface area (Å²) in [5.41, 5.74) is 17.2. The van der Waals surface area contributed by atoms with Crippen molar-refractivity contribution in [1.29, 1.82) is 0 Å². The van der Waals surface area contributed by atoms with Crippen LogP contribution in [0.2, 0.25) is 0 Å². The van der Waals surface area contributed by atoms with E-state index in [2.05, 4.69) is 39.3 Å². The predicted molar refractivity (Wildman–Crippen MR) is 126 cm³/mol. The number of carbonyl (C=O) groups is 1. The Kier molecular flexibility index (Phi) is 6.16. The highest BCUT2D eigenvalue weighted by atomic mass is 16.1. The van der Waals surface area contributed by atoms with Crippen LogP contribution in [0.25, 0.3) is 11.1 Å². The molecule has 2 aromatic carbocycles. The zero-order valence-corrected chi connectivity index (χ0v) is 17.7. The monoisotopic (exact) mass is 416 g/mol. The van der Waals surface area contributed by atoms with E-state index in [0.717, 1.165) is 48.6 Å². The van der Waals surface area contributed by atoms with Crippen molar-refractivity contribution in [3.8, 4) is 11.1 Å². The van der Waals surface area contributed by atoms with Crippen molar-refractivity contribution in [2.45, 2.75) is 6.54 Å². The second-order valence-electron chi connectivity index (χ2n) is 7.81. The minimum Gasteiger partial charge on any atom is -0.369 e. The normalized spacial score (nSPS) is 14.5. The largest absolute Gasteiger partial charge is 0.369 e. The van der Waals surface area contributed by atoms with E-state index in [9.17, 15) is 4.79 Å². The summed E-state index contributed by atoms with van der Waals surface area (Å²) in [6, 6.07) is 18.0. The molecule has 160 valence electrons. The summed E-state index contributed by atoms with van der Waals surface area (Å²) < 4.78 is 0. The van der Waals surface area contributed by atoms with E-state index >= 15 is 0 Å². The topological polar surface area (TPSA) is 101 Å². The van der Waals surface area contributed by atoms with Gasteiger partial charge < -0.3 is 26.6 Å². The highest BCUT2D eigenvalue weighted by molar-refractivity contribution is 5.98. The number of carbonyl (C=O) groups excluding carboxylic acids is 1. The SMILES string of the molecule is CN1CCN(c2ccc(Nc3cc(-c4ccccc4CN)cnc3C(N)=O)cc2)CC1. The van der Waals surface area contributed by atoms with Crippen LogP contribution in [-0.4, -0.2) is 49.0 Å². The Morgan fingerprint density at radius 2 is 1.77 bits per heavy atom. The first-order valence-corrected chi connectivity index (χ1v) is 10.4. The third-order valence-electron chi connectivity index (χ3n) is 5.68. The first-order chi connectivity index (χ1) is 15.0. The summed E-state index contributed by atoms with van der Waals surface area (Å²) in [7, 11) is 2.15. The molecule has 0 saturated carbocycles. The van der Waals surface area contributed by atoms with Crippen molar-refractivity contribution in [2.24, 2.45) is 11.5 Å². The smallest absolute Gasteiger partial charge is 0.269 e. The van der Waals surface area contributed by atoms with E-state index in [4.69, 9.17) is 11.5 Å². The van der Waals surface area contributed by atoms with Crippen molar-refractivity contribution in [1.82, 2.24) is 9.88 Å². The Morgan fingerprint density at radius 3 is 2.45 bits per heavy atom. The lowest BCUT2D eigenvalue weighted by Crippen LogP contribution is -2.44. The number of aromatic nitrogens is 1. The molecule has 0 unspecified atom stereocenters. The van der Waals surface area contributed by atoms with Gasteiger partial charge in [0.15, 0.2) is 5.69 Å². The molecule has 0 atom stereocenters. The lowest BCUT2D eigenvalue weighted by atomic mass is 10.0. The van der Waals surface area contributed by atoms with Gasteiger partial charge in [-0.3, -0.25) is 4.79 Å². The minimum atomic E-state index is -0.574. The molecule has 1 amide bonds. The lowest BCUT2D eigenvalue weighted by Gasteiger charge is -2.34. The summed E-state index contributed by atoms with van der Waals surface area (Å²) in [6.07, 6.45) is 1.66. The van der Waals surface area contributed by atoms with Crippen LogP contribution in [0.5, 0.6) is 0 Å². The van der Waals surface area contributed by atoms with Crippen molar-refractivity contribution in [3.05, 3.63) is 72.1 Å². The molecule has 7 heteroatoms. The second kappa shape index (κ2) is 9.16. The van der Waals surface area contributed by atoms with Gasteiger partial charge in [0.05, 0.1) is 5.69 Å². The number of nitrogens with two attached hydrogens (primary N) is 2. The summed E-state index contributed by atoms with van der Waals surface area (Å²) in [5, 5.41) is 3.32. The number of likely N-dealkylation sites (N-methyl/N-ethyl adjacent to an activating group) is 1. The fourth-order valence-electron chi connectivity index (χ4n) is 3.86. The Hall–Kier alpha value is -3.42. The van der Waals surface area contributed by atoms with E-state index in [1.54, 1.807) is 6.20 Å². The Bertz CT molecular complexity index is 1060. The van der Waals surface area contributed by atoms with Crippen molar-refractivity contribution in [3.63, 3.8) is 0 Å². The number of amides is 1. The number of nitrogens with one attached hydrogen (secondary N) is 1. The van der Waals surface area contributed by atoms with Gasteiger partial charge in [0.1, 0.15) is 0 Å². The number of hydrogen-bond donors (Lipinski definition) is 3. The third-order valence-corrected chi connectivity index (χ3v) is 5.68. The van der Waals surface area contributed by atoms with Crippen LogP contribution in [0, 0.1) is 0 Å². The molecule has 7 nitrogen and oxygen atoms in total. The molecule has 1 saturated heterocycles. The van der Waals surface area contributed by atoms with Crippen LogP contribution in [-0.2, 0) is 6.54 Å². The molecule has 1 fully saturated rings. The Balaban J connectivity index is 1.60. The van der Waals surface area contributed by atoms with E-state index < -0.39 is 5.91 Å².